The highest BCUT2D eigenvalue weighted by Crippen LogP contribution is 2.31. The molecule has 1 aliphatic heterocycles. The zero-order chi connectivity index (χ0) is 17.4. The lowest BCUT2D eigenvalue weighted by molar-refractivity contribution is -0.908. The fourth-order valence-corrected chi connectivity index (χ4v) is 5.09. The van der Waals surface area contributed by atoms with Gasteiger partial charge in [-0.3, -0.25) is 0 Å². The Labute approximate surface area is 175 Å². The molecule has 3 nitrogen and oxygen atoms in total. The highest BCUT2D eigenvalue weighted by molar-refractivity contribution is 14.1. The molecule has 4 rings (SSSR count). The molecule has 1 fully saturated rings. The summed E-state index contributed by atoms with van der Waals surface area (Å²) in [4.78, 5) is 1.56. The molecule has 0 unspecified atom stereocenters. The number of quaternary nitrogens is 1. The van der Waals surface area contributed by atoms with Crippen molar-refractivity contribution in [3.05, 3.63) is 43.5 Å². The minimum atomic E-state index is -0.301. The minimum absolute atomic E-state index is 0.301. The van der Waals surface area contributed by atoms with E-state index in [9.17, 15) is 5.11 Å². The predicted molar refractivity (Wildman–Crippen MR) is 120 cm³/mol. The second-order valence-electron chi connectivity index (χ2n) is 7.10. The Bertz CT molecular complexity index is 840. The van der Waals surface area contributed by atoms with Crippen LogP contribution in [0.1, 0.15) is 19.3 Å². The molecular weight excluding hydrogens is 538 g/mol. The van der Waals surface area contributed by atoms with Crippen LogP contribution in [0.2, 0.25) is 0 Å². The first-order valence-electron chi connectivity index (χ1n) is 9.00. The van der Waals surface area contributed by atoms with E-state index in [0.29, 0.717) is 6.54 Å². The van der Waals surface area contributed by atoms with Crippen LogP contribution in [0.5, 0.6) is 0 Å². The number of aliphatic hydroxyl groups is 1. The Hall–Kier alpha value is -0.380. The number of aliphatic hydroxyl groups excluding tert-OH is 1. The predicted octanol–water partition coefficient (Wildman–Crippen LogP) is 3.43. The highest BCUT2D eigenvalue weighted by Gasteiger charge is 2.20. The van der Waals surface area contributed by atoms with Crippen molar-refractivity contribution in [2.24, 2.45) is 0 Å². The number of fused-ring (bicyclic) bond motifs is 3. The number of nitrogens with zero attached hydrogens (tertiary/aromatic N) is 1. The van der Waals surface area contributed by atoms with Gasteiger partial charge >= 0.3 is 0 Å². The third kappa shape index (κ3) is 3.84. The normalized spacial score (nSPS) is 17.4. The molecule has 2 N–H and O–H groups in total. The van der Waals surface area contributed by atoms with E-state index in [-0.39, 0.29) is 6.10 Å². The van der Waals surface area contributed by atoms with Gasteiger partial charge in [-0.05, 0) is 101 Å². The van der Waals surface area contributed by atoms with Crippen LogP contribution < -0.4 is 4.90 Å². The minimum Gasteiger partial charge on any atom is -0.385 e. The molecule has 0 saturated carbocycles. The van der Waals surface area contributed by atoms with Crippen LogP contribution in [0.15, 0.2) is 36.4 Å². The topological polar surface area (TPSA) is 29.6 Å². The average Bonchev–Trinajstić information content (AvgIpc) is 2.88. The summed E-state index contributed by atoms with van der Waals surface area (Å²) in [5, 5.41) is 13.3. The van der Waals surface area contributed by atoms with Gasteiger partial charge in [0.1, 0.15) is 12.6 Å². The van der Waals surface area contributed by atoms with E-state index in [1.807, 2.05) is 0 Å². The van der Waals surface area contributed by atoms with Crippen LogP contribution in [-0.2, 0) is 6.54 Å². The first-order chi connectivity index (χ1) is 12.1. The number of hydrogen-bond acceptors (Lipinski definition) is 1. The number of benzene rings is 2. The number of piperidine rings is 1. The number of nitrogens with one attached hydrogen (secondary N) is 1. The molecule has 1 atom stereocenters. The summed E-state index contributed by atoms with van der Waals surface area (Å²) in [7, 11) is 0. The monoisotopic (exact) mass is 561 g/mol. The van der Waals surface area contributed by atoms with Crippen LogP contribution in [0, 0.1) is 7.14 Å². The first-order valence-corrected chi connectivity index (χ1v) is 11.2. The van der Waals surface area contributed by atoms with Crippen molar-refractivity contribution >= 4 is 67.0 Å². The van der Waals surface area contributed by atoms with Crippen molar-refractivity contribution in [3.8, 4) is 0 Å². The van der Waals surface area contributed by atoms with Gasteiger partial charge in [0.05, 0.1) is 19.6 Å². The zero-order valence-corrected chi connectivity index (χ0v) is 18.5. The van der Waals surface area contributed by atoms with E-state index >= 15 is 0 Å². The van der Waals surface area contributed by atoms with Gasteiger partial charge in [0.2, 0.25) is 0 Å². The van der Waals surface area contributed by atoms with Crippen molar-refractivity contribution < 1.29 is 10.0 Å². The van der Waals surface area contributed by atoms with E-state index in [1.54, 1.807) is 4.90 Å². The molecule has 1 aromatic heterocycles. The zero-order valence-electron chi connectivity index (χ0n) is 14.1. The number of rotatable bonds is 4. The SMILES string of the molecule is O[C@@H](Cn1c2ccc(I)cc2c2cc(I)ccc21)C[NH+]1CCCCC1. The molecule has 1 saturated heterocycles. The number of aromatic nitrogens is 1. The van der Waals surface area contributed by atoms with Crippen molar-refractivity contribution in [3.63, 3.8) is 0 Å². The summed E-state index contributed by atoms with van der Waals surface area (Å²) in [6, 6.07) is 13.2. The first kappa shape index (κ1) is 18.0. The summed E-state index contributed by atoms with van der Waals surface area (Å²) < 4.78 is 4.81. The Morgan fingerprint density at radius 3 is 2.04 bits per heavy atom. The maximum absolute atomic E-state index is 10.8. The Morgan fingerprint density at radius 2 is 1.48 bits per heavy atom. The number of hydrogen-bond donors (Lipinski definition) is 2. The van der Waals surface area contributed by atoms with Gasteiger partial charge in [-0.2, -0.15) is 0 Å². The fourth-order valence-electron chi connectivity index (χ4n) is 4.11. The second-order valence-corrected chi connectivity index (χ2v) is 9.59. The molecule has 5 heteroatoms. The summed E-state index contributed by atoms with van der Waals surface area (Å²) in [6.07, 6.45) is 3.65. The lowest BCUT2D eigenvalue weighted by Crippen LogP contribution is -3.13. The van der Waals surface area contributed by atoms with E-state index in [2.05, 4.69) is 86.1 Å². The van der Waals surface area contributed by atoms with Crippen LogP contribution in [-0.4, -0.2) is 35.4 Å². The lowest BCUT2D eigenvalue weighted by atomic mass is 10.1. The Balaban J connectivity index is 1.69. The fraction of sp³-hybridized carbons (Fsp3) is 0.400. The van der Waals surface area contributed by atoms with E-state index in [0.717, 1.165) is 6.54 Å². The summed E-state index contributed by atoms with van der Waals surface area (Å²) in [5.41, 5.74) is 2.45. The second kappa shape index (κ2) is 7.70. The molecule has 25 heavy (non-hydrogen) atoms. The third-order valence-electron chi connectivity index (χ3n) is 5.27. The van der Waals surface area contributed by atoms with Crippen LogP contribution >= 0.6 is 45.2 Å². The molecule has 0 radical (unpaired) electrons. The van der Waals surface area contributed by atoms with Crippen molar-refractivity contribution in [2.75, 3.05) is 19.6 Å². The molecular formula is C20H23I2N2O+. The van der Waals surface area contributed by atoms with Gasteiger partial charge in [0, 0.05) is 28.9 Å². The molecule has 2 heterocycles. The summed E-state index contributed by atoms with van der Waals surface area (Å²) >= 11 is 4.75. The molecule has 0 aliphatic carbocycles. The molecule has 0 bridgehead atoms. The Kier molecular flexibility index (Phi) is 5.54. The molecule has 132 valence electrons. The van der Waals surface area contributed by atoms with Gasteiger partial charge in [-0.1, -0.05) is 0 Å². The maximum atomic E-state index is 10.8. The lowest BCUT2D eigenvalue weighted by Gasteiger charge is -2.26. The smallest absolute Gasteiger partial charge is 0.121 e. The largest absolute Gasteiger partial charge is 0.385 e. The van der Waals surface area contributed by atoms with E-state index < -0.39 is 0 Å². The van der Waals surface area contributed by atoms with Crippen LogP contribution in [0.4, 0.5) is 0 Å². The number of halogens is 2. The third-order valence-corrected chi connectivity index (χ3v) is 6.61. The quantitative estimate of drug-likeness (QED) is 0.471. The van der Waals surface area contributed by atoms with E-state index in [1.165, 1.54) is 61.3 Å². The van der Waals surface area contributed by atoms with Crippen molar-refractivity contribution in [1.82, 2.24) is 4.57 Å². The van der Waals surface area contributed by atoms with E-state index in [4.69, 9.17) is 0 Å². The number of likely N-dealkylation sites (tertiary alicyclic amines) is 1. The summed E-state index contributed by atoms with van der Waals surface area (Å²) in [6.45, 7) is 3.95. The summed E-state index contributed by atoms with van der Waals surface area (Å²) in [5.74, 6) is 0. The van der Waals surface area contributed by atoms with Gasteiger partial charge < -0.3 is 14.6 Å². The molecule has 0 spiro atoms. The van der Waals surface area contributed by atoms with Gasteiger partial charge in [0.15, 0.2) is 0 Å². The Morgan fingerprint density at radius 1 is 0.920 bits per heavy atom. The molecule has 0 amide bonds. The molecule has 3 aromatic rings. The van der Waals surface area contributed by atoms with Crippen LogP contribution in [0.25, 0.3) is 21.8 Å². The van der Waals surface area contributed by atoms with Crippen molar-refractivity contribution in [1.29, 1.82) is 0 Å². The molecule has 2 aromatic carbocycles. The maximum Gasteiger partial charge on any atom is 0.121 e. The highest BCUT2D eigenvalue weighted by atomic mass is 127. The van der Waals surface area contributed by atoms with Gasteiger partial charge in [0.25, 0.3) is 0 Å². The van der Waals surface area contributed by atoms with Crippen molar-refractivity contribution in [2.45, 2.75) is 31.9 Å². The molecule has 1 aliphatic rings. The van der Waals surface area contributed by atoms with Crippen LogP contribution in [0.3, 0.4) is 0 Å². The standard InChI is InChI=1S/C20H22I2N2O/c21-14-4-6-19-17(10-14)18-11-15(22)5-7-20(18)24(19)13-16(25)12-23-8-2-1-3-9-23/h4-7,10-11,16,25H,1-3,8-9,12-13H2/p+1/t16-/m1/s1. The van der Waals surface area contributed by atoms with Gasteiger partial charge in [-0.25, -0.2) is 0 Å². The van der Waals surface area contributed by atoms with Gasteiger partial charge in [-0.15, -0.1) is 0 Å². The average molecular weight is 561 g/mol.